The van der Waals surface area contributed by atoms with Crippen molar-refractivity contribution in [1.29, 1.82) is 5.26 Å². The summed E-state index contributed by atoms with van der Waals surface area (Å²) in [6.07, 6.45) is 1.30. The van der Waals surface area contributed by atoms with Crippen molar-refractivity contribution in [2.45, 2.75) is 4.90 Å². The number of nitrogens with zero attached hydrogens (tertiary/aromatic N) is 5. The summed E-state index contributed by atoms with van der Waals surface area (Å²) < 4.78 is 48.3. The third-order valence-electron chi connectivity index (χ3n) is 5.47. The highest BCUT2D eigenvalue weighted by molar-refractivity contribution is 7.93. The highest BCUT2D eigenvalue weighted by atomic mass is 35.5. The molecule has 2 aromatic heterocycles. The van der Waals surface area contributed by atoms with Gasteiger partial charge in [-0.1, -0.05) is 41.1 Å². The number of aromatic nitrogens is 4. The van der Waals surface area contributed by atoms with Gasteiger partial charge in [0.25, 0.3) is 10.0 Å². The number of hydrogen-bond donors (Lipinski definition) is 2. The van der Waals surface area contributed by atoms with Gasteiger partial charge in [0.2, 0.25) is 5.13 Å². The van der Waals surface area contributed by atoms with Crippen LogP contribution < -0.4 is 9.46 Å². The molecule has 0 aliphatic heterocycles. The maximum absolute atomic E-state index is 15.0. The molecule has 3 aromatic carbocycles. The number of anilines is 1. The molecule has 0 fully saturated rings. The summed E-state index contributed by atoms with van der Waals surface area (Å²) in [6.45, 7) is 0. The van der Waals surface area contributed by atoms with Crippen molar-refractivity contribution >= 4 is 43.9 Å². The number of nitrogens with one attached hydrogen (secondary N) is 2. The summed E-state index contributed by atoms with van der Waals surface area (Å²) in [5.41, 5.74) is 3.22. The number of H-pyrrole nitrogens is 1. The molecule has 0 aliphatic carbocycles. The first-order valence-electron chi connectivity index (χ1n) is 11.0. The summed E-state index contributed by atoms with van der Waals surface area (Å²) in [4.78, 5) is 10.2. The van der Waals surface area contributed by atoms with Gasteiger partial charge < -0.3 is 14.9 Å². The van der Waals surface area contributed by atoms with Crippen molar-refractivity contribution in [1.82, 2.24) is 20.4 Å². The number of rotatable bonds is 8. The normalized spacial score (nSPS) is 11.1. The van der Waals surface area contributed by atoms with Crippen LogP contribution in [0.2, 0.25) is 5.02 Å². The summed E-state index contributed by atoms with van der Waals surface area (Å²) in [7, 11) is -4.39. The Hall–Kier alpha value is -4.91. The summed E-state index contributed by atoms with van der Waals surface area (Å²) >= 11 is 7.19. The minimum Gasteiger partial charge on any atom is -0.455 e. The lowest BCUT2D eigenvalue weighted by Crippen LogP contribution is -2.14. The van der Waals surface area contributed by atoms with Crippen molar-refractivity contribution in [2.24, 2.45) is 0 Å². The number of halogens is 2. The van der Waals surface area contributed by atoms with Crippen LogP contribution in [0.4, 0.5) is 15.3 Å². The van der Waals surface area contributed by atoms with Gasteiger partial charge in [-0.25, -0.2) is 12.8 Å². The van der Waals surface area contributed by atoms with E-state index in [9.17, 15) is 23.8 Å². The van der Waals surface area contributed by atoms with Crippen LogP contribution >= 0.6 is 22.9 Å². The van der Waals surface area contributed by atoms with Crippen molar-refractivity contribution in [3.05, 3.63) is 92.8 Å². The molecule has 0 atom stereocenters. The van der Waals surface area contributed by atoms with Gasteiger partial charge in [0, 0.05) is 11.6 Å². The number of sulfonamides is 1. The highest BCUT2D eigenvalue weighted by Crippen LogP contribution is 2.42. The third-order valence-corrected chi connectivity index (χ3v) is 7.85. The van der Waals surface area contributed by atoms with Gasteiger partial charge in [0.1, 0.15) is 33.3 Å². The molecule has 0 saturated heterocycles. The average Bonchev–Trinajstić information content (AvgIpc) is 3.63. The molecule has 40 heavy (non-hydrogen) atoms. The SMILES string of the molecule is N#Cc1cccc(-c2ccc(Oc3cc(F)c(S(=O)(=O)Nc4nncs4)cc3Cl)c(-c3c[nH]nc3[N+](=O)[O-])c2)c1. The zero-order valence-corrected chi connectivity index (χ0v) is 22.1. The number of nitro groups is 1. The van der Waals surface area contributed by atoms with E-state index >= 15 is 4.39 Å². The number of nitriles is 1. The minimum absolute atomic E-state index is 0.0357. The van der Waals surface area contributed by atoms with Crippen molar-refractivity contribution in [3.63, 3.8) is 0 Å². The molecule has 0 amide bonds. The van der Waals surface area contributed by atoms with Crippen LogP contribution in [0.25, 0.3) is 22.3 Å². The van der Waals surface area contributed by atoms with E-state index in [-0.39, 0.29) is 32.8 Å². The maximum Gasteiger partial charge on any atom is 0.397 e. The molecule has 0 spiro atoms. The van der Waals surface area contributed by atoms with Gasteiger partial charge in [-0.2, -0.15) is 10.4 Å². The summed E-state index contributed by atoms with van der Waals surface area (Å²) in [6, 6.07) is 15.1. The first-order valence-corrected chi connectivity index (χ1v) is 13.7. The second-order valence-corrected chi connectivity index (χ2v) is 10.8. The Labute approximate surface area is 233 Å². The molecule has 2 heterocycles. The molecular weight excluding hydrogens is 585 g/mol. The quantitative estimate of drug-likeness (QED) is 0.166. The number of ether oxygens (including phenoxy) is 1. The molecule has 200 valence electrons. The lowest BCUT2D eigenvalue weighted by Gasteiger charge is -2.15. The van der Waals surface area contributed by atoms with Crippen molar-refractivity contribution < 1.29 is 22.5 Å². The van der Waals surface area contributed by atoms with Crippen LogP contribution in [0.15, 0.2) is 71.2 Å². The second-order valence-electron chi connectivity index (χ2n) is 7.95. The van der Waals surface area contributed by atoms with Crippen LogP contribution in [-0.2, 0) is 10.0 Å². The van der Waals surface area contributed by atoms with Crippen LogP contribution in [-0.4, -0.2) is 33.7 Å². The number of hydrogen-bond acceptors (Lipinski definition) is 10. The van der Waals surface area contributed by atoms with Gasteiger partial charge in [0.05, 0.1) is 28.0 Å². The number of benzene rings is 3. The molecular formula is C24H13ClFN7O5S2. The van der Waals surface area contributed by atoms with Gasteiger partial charge >= 0.3 is 5.82 Å². The first kappa shape index (κ1) is 26.7. The maximum atomic E-state index is 15.0. The van der Waals surface area contributed by atoms with Gasteiger partial charge in [-0.05, 0) is 46.4 Å². The topological polar surface area (TPSA) is 177 Å². The molecule has 16 heteroatoms. The molecule has 0 saturated carbocycles. The Kier molecular flexibility index (Phi) is 7.13. The first-order chi connectivity index (χ1) is 19.2. The van der Waals surface area contributed by atoms with E-state index in [0.29, 0.717) is 16.7 Å². The lowest BCUT2D eigenvalue weighted by atomic mass is 9.98. The smallest absolute Gasteiger partial charge is 0.397 e. The van der Waals surface area contributed by atoms with E-state index in [0.717, 1.165) is 23.5 Å². The fourth-order valence-corrected chi connectivity index (χ4v) is 5.74. The van der Waals surface area contributed by atoms with E-state index < -0.39 is 31.5 Å². The van der Waals surface area contributed by atoms with Crippen molar-refractivity contribution in [2.75, 3.05) is 4.72 Å². The highest BCUT2D eigenvalue weighted by Gasteiger charge is 2.26. The Bertz CT molecular complexity index is 1910. The molecule has 0 unspecified atom stereocenters. The molecule has 0 aliphatic rings. The number of aromatic amines is 1. The minimum atomic E-state index is -4.39. The van der Waals surface area contributed by atoms with Gasteiger partial charge in [0.15, 0.2) is 0 Å². The van der Waals surface area contributed by atoms with Crippen LogP contribution in [0.5, 0.6) is 11.5 Å². The van der Waals surface area contributed by atoms with Crippen LogP contribution in [0.3, 0.4) is 0 Å². The largest absolute Gasteiger partial charge is 0.455 e. The van der Waals surface area contributed by atoms with E-state index in [1.807, 2.05) is 0 Å². The standard InChI is InChI=1S/C24H13ClFN7O5S2/c25-18-8-22(40(36,37)32-24-31-29-12-39-24)19(26)9-21(18)38-20-5-4-15(14-3-1-2-13(6-14)10-27)7-16(20)17-11-28-30-23(17)33(34)35/h1-9,11-12H,(H,28,30)(H,31,32). The van der Waals surface area contributed by atoms with E-state index in [4.69, 9.17) is 16.3 Å². The lowest BCUT2D eigenvalue weighted by molar-refractivity contribution is -0.388. The molecule has 12 nitrogen and oxygen atoms in total. The fraction of sp³-hybridized carbons (Fsp3) is 0. The van der Waals surface area contributed by atoms with Crippen LogP contribution in [0, 0.1) is 27.3 Å². The summed E-state index contributed by atoms with van der Waals surface area (Å²) in [5.74, 6) is -1.87. The van der Waals surface area contributed by atoms with E-state index in [1.54, 1.807) is 36.4 Å². The predicted molar refractivity (Wildman–Crippen MR) is 143 cm³/mol. The average molecular weight is 598 g/mol. The van der Waals surface area contributed by atoms with E-state index in [2.05, 4.69) is 31.2 Å². The fourth-order valence-electron chi connectivity index (χ4n) is 3.70. The monoisotopic (exact) mass is 597 g/mol. The zero-order chi connectivity index (χ0) is 28.4. The predicted octanol–water partition coefficient (Wildman–Crippen LogP) is 5.76. The van der Waals surface area contributed by atoms with Crippen LogP contribution in [0.1, 0.15) is 5.56 Å². The molecule has 0 radical (unpaired) electrons. The molecule has 5 rings (SSSR count). The summed E-state index contributed by atoms with van der Waals surface area (Å²) in [5, 5.41) is 33.8. The van der Waals surface area contributed by atoms with E-state index in [1.165, 1.54) is 17.8 Å². The molecule has 0 bridgehead atoms. The second kappa shape index (κ2) is 10.7. The zero-order valence-electron chi connectivity index (χ0n) is 19.7. The van der Waals surface area contributed by atoms with Gasteiger partial charge in [-0.15, -0.1) is 10.2 Å². The molecule has 2 N–H and O–H groups in total. The Morgan fingerprint density at radius 3 is 2.65 bits per heavy atom. The molecule has 5 aromatic rings. The van der Waals surface area contributed by atoms with Crippen molar-refractivity contribution in [3.8, 4) is 39.8 Å². The van der Waals surface area contributed by atoms with Gasteiger partial charge in [-0.3, -0.25) is 4.72 Å². The third kappa shape index (κ3) is 5.31. The Balaban J connectivity index is 1.57. The Morgan fingerprint density at radius 2 is 1.93 bits per heavy atom. The Morgan fingerprint density at radius 1 is 1.12 bits per heavy atom.